The Labute approximate surface area is 50.7 Å². The van der Waals surface area contributed by atoms with Gasteiger partial charge in [-0.05, 0) is 12.5 Å². The highest BCUT2D eigenvalue weighted by Crippen LogP contribution is 2.34. The molecule has 0 bridgehead atoms. The van der Waals surface area contributed by atoms with Crippen molar-refractivity contribution >= 4 is 23.4 Å². The van der Waals surface area contributed by atoms with Crippen molar-refractivity contribution in [1.82, 2.24) is 0 Å². The zero-order valence-corrected chi connectivity index (χ0v) is 5.10. The minimum absolute atomic E-state index is 0.0556. The molecule has 0 aliphatic carbocycles. The monoisotopic (exact) mass is 138 g/mol. The van der Waals surface area contributed by atoms with E-state index in [0.29, 0.717) is 6.42 Å². The molecular weight excluding hydrogens is 135 g/mol. The highest BCUT2D eigenvalue weighted by atomic mass is 35.5. The molecule has 0 aromatic heterocycles. The lowest BCUT2D eigenvalue weighted by Crippen LogP contribution is -1.77. The maximum atomic E-state index is 11.9. The second-order valence-corrected chi connectivity index (χ2v) is 3.25. The van der Waals surface area contributed by atoms with E-state index < -0.39 is 0 Å². The molecule has 0 N–H and O–H groups in total. The van der Waals surface area contributed by atoms with Crippen LogP contribution in [0.4, 0.5) is 4.39 Å². The Bertz CT molecular complexity index is 102. The van der Waals surface area contributed by atoms with Crippen LogP contribution in [-0.4, -0.2) is 4.71 Å². The molecule has 1 unspecified atom stereocenters. The molecule has 0 saturated carbocycles. The van der Waals surface area contributed by atoms with Crippen LogP contribution in [0.3, 0.4) is 0 Å². The third kappa shape index (κ3) is 1.35. The standard InChI is InChI=1S/C4H4ClFS/c5-3-1-2-4(6)7-3/h2-3H,1H2. The molecule has 7 heavy (non-hydrogen) atoms. The number of rotatable bonds is 0. The van der Waals surface area contributed by atoms with Crippen LogP contribution in [0.1, 0.15) is 6.42 Å². The van der Waals surface area contributed by atoms with Crippen molar-refractivity contribution in [3.8, 4) is 0 Å². The number of thioether (sulfide) groups is 1. The molecule has 0 saturated heterocycles. The fourth-order valence-corrected chi connectivity index (χ4v) is 1.38. The van der Waals surface area contributed by atoms with Crippen molar-refractivity contribution in [1.29, 1.82) is 0 Å². The van der Waals surface area contributed by atoms with Gasteiger partial charge in [-0.25, -0.2) is 0 Å². The van der Waals surface area contributed by atoms with E-state index in [-0.39, 0.29) is 9.87 Å². The lowest BCUT2D eigenvalue weighted by Gasteiger charge is -1.89. The van der Waals surface area contributed by atoms with Crippen LogP contribution in [0.2, 0.25) is 0 Å². The summed E-state index contributed by atoms with van der Waals surface area (Å²) in [5.74, 6) is 0. The minimum Gasteiger partial charge on any atom is -0.200 e. The molecule has 3 heteroatoms. The van der Waals surface area contributed by atoms with E-state index in [0.717, 1.165) is 11.8 Å². The first kappa shape index (κ1) is 5.45. The van der Waals surface area contributed by atoms with Crippen LogP contribution >= 0.6 is 23.4 Å². The van der Waals surface area contributed by atoms with Crippen LogP contribution in [-0.2, 0) is 0 Å². The summed E-state index contributed by atoms with van der Waals surface area (Å²) >= 11 is 6.56. The van der Waals surface area contributed by atoms with E-state index in [1.165, 1.54) is 6.08 Å². The van der Waals surface area contributed by atoms with Crippen molar-refractivity contribution in [2.75, 3.05) is 0 Å². The average molecular weight is 139 g/mol. The summed E-state index contributed by atoms with van der Waals surface area (Å²) in [6.45, 7) is 0. The molecule has 1 rings (SSSR count). The molecule has 1 atom stereocenters. The number of halogens is 2. The zero-order valence-electron chi connectivity index (χ0n) is 3.53. The highest BCUT2D eigenvalue weighted by Gasteiger charge is 2.13. The summed E-state index contributed by atoms with van der Waals surface area (Å²) in [4.78, 5) is 0. The van der Waals surface area contributed by atoms with E-state index in [1.807, 2.05) is 0 Å². The second-order valence-electron chi connectivity index (χ2n) is 1.27. The first-order chi connectivity index (χ1) is 3.29. The van der Waals surface area contributed by atoms with Crippen molar-refractivity contribution < 1.29 is 4.39 Å². The van der Waals surface area contributed by atoms with Crippen LogP contribution in [0, 0.1) is 0 Å². The maximum absolute atomic E-state index is 11.9. The predicted molar refractivity (Wildman–Crippen MR) is 31.0 cm³/mol. The number of alkyl halides is 1. The van der Waals surface area contributed by atoms with Gasteiger partial charge >= 0.3 is 0 Å². The first-order valence-corrected chi connectivity index (χ1v) is 3.27. The Kier molecular flexibility index (Phi) is 1.60. The summed E-state index contributed by atoms with van der Waals surface area (Å²) in [5.41, 5.74) is 0. The van der Waals surface area contributed by atoms with E-state index in [9.17, 15) is 4.39 Å². The third-order valence-corrected chi connectivity index (χ3v) is 1.99. The van der Waals surface area contributed by atoms with Gasteiger partial charge in [0.15, 0.2) is 5.16 Å². The van der Waals surface area contributed by atoms with Gasteiger partial charge < -0.3 is 0 Å². The van der Waals surface area contributed by atoms with E-state index >= 15 is 0 Å². The lowest BCUT2D eigenvalue weighted by molar-refractivity contribution is 0.700. The van der Waals surface area contributed by atoms with Crippen molar-refractivity contribution in [3.05, 3.63) is 11.2 Å². The number of allylic oxidation sites excluding steroid dienone is 1. The Hall–Kier alpha value is 0.310. The molecule has 1 aliphatic rings. The van der Waals surface area contributed by atoms with Gasteiger partial charge in [-0.1, -0.05) is 11.8 Å². The summed E-state index contributed by atoms with van der Waals surface area (Å²) < 4.78 is 11.9. The fraction of sp³-hybridized carbons (Fsp3) is 0.500. The first-order valence-electron chi connectivity index (χ1n) is 1.95. The Morgan fingerprint density at radius 2 is 2.71 bits per heavy atom. The van der Waals surface area contributed by atoms with Gasteiger partial charge in [0.05, 0.1) is 4.71 Å². The highest BCUT2D eigenvalue weighted by molar-refractivity contribution is 8.04. The van der Waals surface area contributed by atoms with E-state index in [1.54, 1.807) is 0 Å². The third-order valence-electron chi connectivity index (χ3n) is 0.704. The largest absolute Gasteiger partial charge is 0.200 e. The van der Waals surface area contributed by atoms with Crippen LogP contribution in [0.15, 0.2) is 11.2 Å². The van der Waals surface area contributed by atoms with Crippen LogP contribution in [0.25, 0.3) is 0 Å². The van der Waals surface area contributed by atoms with Crippen LogP contribution in [0.5, 0.6) is 0 Å². The quantitative estimate of drug-likeness (QED) is 0.464. The van der Waals surface area contributed by atoms with Gasteiger partial charge in [0.2, 0.25) is 0 Å². The molecule has 0 fully saturated rings. The Balaban J connectivity index is 2.42. The van der Waals surface area contributed by atoms with Crippen LogP contribution < -0.4 is 0 Å². The minimum atomic E-state index is -0.139. The summed E-state index contributed by atoms with van der Waals surface area (Å²) in [6.07, 6.45) is 2.17. The SMILES string of the molecule is FC1=CCC(Cl)S1. The summed E-state index contributed by atoms with van der Waals surface area (Å²) in [7, 11) is 0. The molecule has 0 spiro atoms. The van der Waals surface area contributed by atoms with Gasteiger partial charge in [-0.3, -0.25) is 0 Å². The fourth-order valence-electron chi connectivity index (χ4n) is 0.404. The normalized spacial score (nSPS) is 30.6. The lowest BCUT2D eigenvalue weighted by atomic mass is 10.5. The summed E-state index contributed by atoms with van der Waals surface area (Å²) in [5, 5.41) is -0.139. The van der Waals surface area contributed by atoms with Gasteiger partial charge in [0.1, 0.15) is 0 Å². The van der Waals surface area contributed by atoms with Gasteiger partial charge in [-0.2, -0.15) is 4.39 Å². The van der Waals surface area contributed by atoms with Gasteiger partial charge in [-0.15, -0.1) is 11.6 Å². The topological polar surface area (TPSA) is 0 Å². The Morgan fingerprint density at radius 1 is 2.00 bits per heavy atom. The second kappa shape index (κ2) is 2.05. The van der Waals surface area contributed by atoms with E-state index in [2.05, 4.69) is 0 Å². The number of hydrogen-bond acceptors (Lipinski definition) is 1. The molecule has 1 heterocycles. The Morgan fingerprint density at radius 3 is 2.86 bits per heavy atom. The van der Waals surface area contributed by atoms with Crippen molar-refractivity contribution in [3.63, 3.8) is 0 Å². The summed E-state index contributed by atoms with van der Waals surface area (Å²) in [6, 6.07) is 0. The zero-order chi connectivity index (χ0) is 5.28. The van der Waals surface area contributed by atoms with Gasteiger partial charge in [0, 0.05) is 0 Å². The molecule has 1 aliphatic heterocycles. The molecule has 0 aromatic carbocycles. The maximum Gasteiger partial charge on any atom is 0.154 e. The van der Waals surface area contributed by atoms with Gasteiger partial charge in [0.25, 0.3) is 0 Å². The smallest absolute Gasteiger partial charge is 0.154 e. The van der Waals surface area contributed by atoms with E-state index in [4.69, 9.17) is 11.6 Å². The average Bonchev–Trinajstić information content (AvgIpc) is 1.87. The molecule has 40 valence electrons. The molecule has 0 radical (unpaired) electrons. The molecule has 0 amide bonds. The predicted octanol–water partition coefficient (Wildman–Crippen LogP) is 2.50. The molecular formula is C4H4ClFS. The number of hydrogen-bond donors (Lipinski definition) is 0. The van der Waals surface area contributed by atoms with Crippen molar-refractivity contribution in [2.24, 2.45) is 0 Å². The molecule has 0 nitrogen and oxygen atoms in total. The molecule has 0 aromatic rings. The van der Waals surface area contributed by atoms with Crippen molar-refractivity contribution in [2.45, 2.75) is 11.1 Å².